The van der Waals surface area contributed by atoms with Gasteiger partial charge in [0.15, 0.2) is 0 Å². The number of hydrazine groups is 1. The number of halogens is 1. The first-order valence-electron chi connectivity index (χ1n) is 7.22. The zero-order valence-corrected chi connectivity index (χ0v) is 13.9. The van der Waals surface area contributed by atoms with Crippen molar-refractivity contribution in [3.63, 3.8) is 0 Å². The molecule has 0 amide bonds. The van der Waals surface area contributed by atoms with Crippen molar-refractivity contribution in [2.75, 3.05) is 7.11 Å². The van der Waals surface area contributed by atoms with Crippen molar-refractivity contribution in [2.24, 2.45) is 5.84 Å². The minimum Gasteiger partial charge on any atom is -0.377 e. The average Bonchev–Trinajstić information content (AvgIpc) is 2.75. The summed E-state index contributed by atoms with van der Waals surface area (Å²) in [7, 11) is 1.74. The molecule has 0 aliphatic heterocycles. The molecule has 116 valence electrons. The van der Waals surface area contributed by atoms with Crippen molar-refractivity contribution in [1.82, 2.24) is 15.2 Å². The quantitative estimate of drug-likeness (QED) is 0.572. The van der Waals surface area contributed by atoms with Crippen LogP contribution in [0.2, 0.25) is 5.02 Å². The molecule has 6 heteroatoms. The maximum Gasteiger partial charge on any atom is 0.0847 e. The van der Waals surface area contributed by atoms with Crippen LogP contribution in [0, 0.1) is 6.92 Å². The Balaban J connectivity index is 3.10. The molecule has 0 spiro atoms. The molecule has 1 atom stereocenters. The molecule has 1 aromatic heterocycles. The number of ether oxygens (including phenoxy) is 1. The zero-order chi connectivity index (χ0) is 15.3. The highest BCUT2D eigenvalue weighted by Gasteiger charge is 2.36. The number of aryl methyl sites for hydroxylation is 2. The van der Waals surface area contributed by atoms with E-state index >= 15 is 0 Å². The van der Waals surface area contributed by atoms with Crippen molar-refractivity contribution in [2.45, 2.75) is 65.1 Å². The molecule has 0 aliphatic rings. The first-order chi connectivity index (χ1) is 9.49. The van der Waals surface area contributed by atoms with Gasteiger partial charge in [0, 0.05) is 20.1 Å². The molecule has 1 aromatic rings. The van der Waals surface area contributed by atoms with Gasteiger partial charge in [-0.25, -0.2) is 0 Å². The lowest BCUT2D eigenvalue weighted by atomic mass is 9.85. The van der Waals surface area contributed by atoms with Crippen molar-refractivity contribution in [3.8, 4) is 0 Å². The number of nitrogens with zero attached hydrogens (tertiary/aromatic N) is 2. The van der Waals surface area contributed by atoms with E-state index in [2.05, 4.69) is 31.3 Å². The molecule has 1 heterocycles. The van der Waals surface area contributed by atoms with Gasteiger partial charge in [-0.3, -0.25) is 16.0 Å². The largest absolute Gasteiger partial charge is 0.377 e. The van der Waals surface area contributed by atoms with Crippen LogP contribution in [0.1, 0.15) is 45.0 Å². The Bertz CT molecular complexity index is 421. The van der Waals surface area contributed by atoms with Gasteiger partial charge < -0.3 is 4.74 Å². The minimum absolute atomic E-state index is 0.0126. The Morgan fingerprint density at radius 1 is 1.40 bits per heavy atom. The van der Waals surface area contributed by atoms with E-state index in [4.69, 9.17) is 22.2 Å². The number of hydrogen-bond donors (Lipinski definition) is 2. The molecule has 0 fully saturated rings. The predicted octanol–water partition coefficient (Wildman–Crippen LogP) is 2.44. The second-order valence-corrected chi connectivity index (χ2v) is 5.44. The summed E-state index contributed by atoms with van der Waals surface area (Å²) in [6, 6.07) is -0.0126. The van der Waals surface area contributed by atoms with Gasteiger partial charge in [-0.05, 0) is 26.7 Å². The minimum atomic E-state index is -0.297. The maximum atomic E-state index is 6.38. The number of nitrogens with one attached hydrogen (secondary N) is 1. The van der Waals surface area contributed by atoms with Gasteiger partial charge in [0.1, 0.15) is 0 Å². The Morgan fingerprint density at radius 2 is 2.00 bits per heavy atom. The smallest absolute Gasteiger partial charge is 0.0847 e. The Hall–Kier alpha value is -0.620. The lowest BCUT2D eigenvalue weighted by molar-refractivity contribution is -0.0477. The van der Waals surface area contributed by atoms with Gasteiger partial charge in [0.05, 0.1) is 28.1 Å². The number of methoxy groups -OCH3 is 1. The van der Waals surface area contributed by atoms with Crippen LogP contribution in [-0.2, 0) is 17.7 Å². The molecule has 5 nitrogen and oxygen atoms in total. The molecule has 0 radical (unpaired) electrons. The van der Waals surface area contributed by atoms with Gasteiger partial charge in [0.2, 0.25) is 0 Å². The van der Waals surface area contributed by atoms with Crippen LogP contribution in [0.3, 0.4) is 0 Å². The third kappa shape index (κ3) is 3.17. The predicted molar refractivity (Wildman–Crippen MR) is 82.8 cm³/mol. The van der Waals surface area contributed by atoms with E-state index in [1.165, 1.54) is 0 Å². The van der Waals surface area contributed by atoms with Crippen LogP contribution < -0.4 is 11.3 Å². The van der Waals surface area contributed by atoms with Gasteiger partial charge in [0.25, 0.3) is 0 Å². The van der Waals surface area contributed by atoms with E-state index in [0.717, 1.165) is 35.8 Å². The molecule has 0 saturated heterocycles. The summed E-state index contributed by atoms with van der Waals surface area (Å²) in [6.07, 6.45) is 2.46. The molecule has 20 heavy (non-hydrogen) atoms. The molecular weight excluding hydrogens is 276 g/mol. The summed E-state index contributed by atoms with van der Waals surface area (Å²) in [6.45, 7) is 8.99. The van der Waals surface area contributed by atoms with Crippen LogP contribution in [0.15, 0.2) is 0 Å². The van der Waals surface area contributed by atoms with E-state index < -0.39 is 0 Å². The summed E-state index contributed by atoms with van der Waals surface area (Å²) < 4.78 is 7.70. The van der Waals surface area contributed by atoms with E-state index in [1.807, 2.05) is 11.6 Å². The third-order valence-corrected chi connectivity index (χ3v) is 4.78. The first-order valence-corrected chi connectivity index (χ1v) is 7.60. The first kappa shape index (κ1) is 17.4. The third-order valence-electron chi connectivity index (χ3n) is 4.29. The SMILES string of the molecule is CCn1nc(C)c(Cl)c1CC(NN)C(CC)(CC)OC. The highest BCUT2D eigenvalue weighted by molar-refractivity contribution is 6.31. The van der Waals surface area contributed by atoms with Crippen LogP contribution in [0.25, 0.3) is 0 Å². The lowest BCUT2D eigenvalue weighted by Crippen LogP contribution is -2.55. The van der Waals surface area contributed by atoms with Crippen LogP contribution in [0.4, 0.5) is 0 Å². The Kier molecular flexibility index (Phi) is 6.45. The molecule has 1 rings (SSSR count). The number of nitrogens with two attached hydrogens (primary N) is 1. The topological polar surface area (TPSA) is 65.1 Å². The number of hydrogen-bond acceptors (Lipinski definition) is 4. The molecule has 1 unspecified atom stereocenters. The van der Waals surface area contributed by atoms with Gasteiger partial charge >= 0.3 is 0 Å². The zero-order valence-electron chi connectivity index (χ0n) is 13.2. The monoisotopic (exact) mass is 302 g/mol. The fourth-order valence-electron chi connectivity index (χ4n) is 2.83. The molecule has 0 bridgehead atoms. The van der Waals surface area contributed by atoms with Gasteiger partial charge in [-0.15, -0.1) is 0 Å². The molecule has 3 N–H and O–H groups in total. The lowest BCUT2D eigenvalue weighted by Gasteiger charge is -2.38. The molecular formula is C14H27ClN4O. The Labute approximate surface area is 126 Å². The standard InChI is InChI=1S/C14H27ClN4O/c1-6-14(7-2,20-5)12(17-16)9-11-13(15)10(4)18-19(11)8-3/h12,17H,6-9,16H2,1-5H3. The van der Waals surface area contributed by atoms with E-state index in [9.17, 15) is 0 Å². The van der Waals surface area contributed by atoms with Gasteiger partial charge in [-0.2, -0.15) is 5.10 Å². The molecule has 0 saturated carbocycles. The van der Waals surface area contributed by atoms with Crippen molar-refractivity contribution in [1.29, 1.82) is 0 Å². The fourth-order valence-corrected chi connectivity index (χ4v) is 3.04. The summed E-state index contributed by atoms with van der Waals surface area (Å²) in [5.74, 6) is 5.78. The summed E-state index contributed by atoms with van der Waals surface area (Å²) in [5.41, 5.74) is 4.48. The molecule has 0 aromatic carbocycles. The van der Waals surface area contributed by atoms with Crippen LogP contribution in [0.5, 0.6) is 0 Å². The fraction of sp³-hybridized carbons (Fsp3) is 0.786. The van der Waals surface area contributed by atoms with Crippen LogP contribution in [-0.4, -0.2) is 28.5 Å². The van der Waals surface area contributed by atoms with E-state index in [-0.39, 0.29) is 11.6 Å². The number of rotatable bonds is 8. The van der Waals surface area contributed by atoms with Crippen molar-refractivity contribution >= 4 is 11.6 Å². The second kappa shape index (κ2) is 7.41. The normalized spacial score (nSPS) is 13.8. The van der Waals surface area contributed by atoms with E-state index in [0.29, 0.717) is 6.42 Å². The van der Waals surface area contributed by atoms with Crippen molar-refractivity contribution < 1.29 is 4.74 Å². The van der Waals surface area contributed by atoms with Crippen LogP contribution >= 0.6 is 11.6 Å². The van der Waals surface area contributed by atoms with E-state index in [1.54, 1.807) is 7.11 Å². The summed E-state index contributed by atoms with van der Waals surface area (Å²) in [5, 5.41) is 5.18. The molecule has 0 aliphatic carbocycles. The summed E-state index contributed by atoms with van der Waals surface area (Å²) in [4.78, 5) is 0. The maximum absolute atomic E-state index is 6.38. The highest BCUT2D eigenvalue weighted by atomic mass is 35.5. The second-order valence-electron chi connectivity index (χ2n) is 5.06. The Morgan fingerprint density at radius 3 is 2.40 bits per heavy atom. The van der Waals surface area contributed by atoms with Crippen molar-refractivity contribution in [3.05, 3.63) is 16.4 Å². The van der Waals surface area contributed by atoms with Gasteiger partial charge in [-0.1, -0.05) is 25.4 Å². The average molecular weight is 303 g/mol. The number of aromatic nitrogens is 2. The highest BCUT2D eigenvalue weighted by Crippen LogP contribution is 2.29. The summed E-state index contributed by atoms with van der Waals surface area (Å²) >= 11 is 6.38.